The topological polar surface area (TPSA) is 90.5 Å². The number of aromatic nitrogens is 6. The van der Waals surface area contributed by atoms with Crippen molar-refractivity contribution in [1.29, 1.82) is 0 Å². The van der Waals surface area contributed by atoms with E-state index in [1.807, 2.05) is 26.8 Å². The van der Waals surface area contributed by atoms with Crippen LogP contribution in [0.5, 0.6) is 0 Å². The van der Waals surface area contributed by atoms with Gasteiger partial charge in [-0.15, -0.1) is 5.10 Å². The van der Waals surface area contributed by atoms with E-state index in [-0.39, 0.29) is 11.9 Å². The quantitative estimate of drug-likeness (QED) is 0.811. The molecule has 8 heteroatoms. The Balaban J connectivity index is 1.87. The van der Waals surface area contributed by atoms with Crippen molar-refractivity contribution in [1.82, 2.24) is 35.3 Å². The standard InChI is InChI=1S/C11H17N7O/c1-8-6-9(2)18(14-8)10(3)11(19)12-4-5-17-7-13-15-16-17/h6-7,10H,4-5H2,1-3H3,(H,12,19)/t10-/m0/s1. The molecule has 0 fully saturated rings. The number of aryl methyl sites for hydroxylation is 2. The molecule has 0 spiro atoms. The summed E-state index contributed by atoms with van der Waals surface area (Å²) >= 11 is 0. The first-order valence-electron chi connectivity index (χ1n) is 6.09. The van der Waals surface area contributed by atoms with E-state index in [2.05, 4.69) is 25.9 Å². The SMILES string of the molecule is Cc1cc(C)n([C@@H](C)C(=O)NCCn2cnnn2)n1. The zero-order valence-electron chi connectivity index (χ0n) is 11.2. The van der Waals surface area contributed by atoms with Gasteiger partial charge in [-0.3, -0.25) is 9.48 Å². The normalized spacial score (nSPS) is 12.4. The number of hydrogen-bond donors (Lipinski definition) is 1. The Morgan fingerprint density at radius 1 is 1.47 bits per heavy atom. The summed E-state index contributed by atoms with van der Waals surface area (Å²) in [6.07, 6.45) is 1.51. The Bertz CT molecular complexity index is 545. The summed E-state index contributed by atoms with van der Waals surface area (Å²) in [6, 6.07) is 1.62. The van der Waals surface area contributed by atoms with Gasteiger partial charge < -0.3 is 5.32 Å². The Morgan fingerprint density at radius 3 is 2.84 bits per heavy atom. The maximum atomic E-state index is 12.0. The molecular weight excluding hydrogens is 246 g/mol. The first-order chi connectivity index (χ1) is 9.08. The molecule has 0 radical (unpaired) electrons. The van der Waals surface area contributed by atoms with Crippen LogP contribution in [0.2, 0.25) is 0 Å². The Hall–Kier alpha value is -2.25. The lowest BCUT2D eigenvalue weighted by Crippen LogP contribution is -2.34. The van der Waals surface area contributed by atoms with Crippen molar-refractivity contribution in [3.63, 3.8) is 0 Å². The first-order valence-corrected chi connectivity index (χ1v) is 6.09. The number of nitrogens with one attached hydrogen (secondary N) is 1. The second-order valence-electron chi connectivity index (χ2n) is 4.41. The molecule has 1 amide bonds. The third-order valence-corrected chi connectivity index (χ3v) is 2.82. The van der Waals surface area contributed by atoms with Crippen LogP contribution in [0.3, 0.4) is 0 Å². The molecule has 0 bridgehead atoms. The third-order valence-electron chi connectivity index (χ3n) is 2.82. The molecule has 2 rings (SSSR count). The van der Waals surface area contributed by atoms with Crippen molar-refractivity contribution in [2.24, 2.45) is 0 Å². The first kappa shape index (κ1) is 13.2. The Morgan fingerprint density at radius 2 is 2.26 bits per heavy atom. The van der Waals surface area contributed by atoms with Gasteiger partial charge in [-0.05, 0) is 37.3 Å². The van der Waals surface area contributed by atoms with E-state index in [1.165, 1.54) is 6.33 Å². The Labute approximate surface area is 110 Å². The fraction of sp³-hybridized carbons (Fsp3) is 0.545. The minimum atomic E-state index is -0.331. The number of hydrogen-bond acceptors (Lipinski definition) is 5. The lowest BCUT2D eigenvalue weighted by atomic mass is 10.3. The van der Waals surface area contributed by atoms with E-state index in [4.69, 9.17) is 0 Å². The van der Waals surface area contributed by atoms with Crippen molar-refractivity contribution >= 4 is 5.91 Å². The smallest absolute Gasteiger partial charge is 0.244 e. The summed E-state index contributed by atoms with van der Waals surface area (Å²) in [7, 11) is 0. The summed E-state index contributed by atoms with van der Waals surface area (Å²) in [5.74, 6) is -0.0701. The second kappa shape index (κ2) is 5.59. The van der Waals surface area contributed by atoms with Crippen LogP contribution in [0.4, 0.5) is 0 Å². The van der Waals surface area contributed by atoms with E-state index < -0.39 is 0 Å². The second-order valence-corrected chi connectivity index (χ2v) is 4.41. The monoisotopic (exact) mass is 263 g/mol. The molecule has 1 N–H and O–H groups in total. The molecule has 8 nitrogen and oxygen atoms in total. The molecule has 1 atom stereocenters. The molecule has 0 aliphatic heterocycles. The zero-order chi connectivity index (χ0) is 13.8. The Kier molecular flexibility index (Phi) is 3.88. The highest BCUT2D eigenvalue weighted by Crippen LogP contribution is 2.10. The summed E-state index contributed by atoms with van der Waals surface area (Å²) in [4.78, 5) is 12.0. The summed E-state index contributed by atoms with van der Waals surface area (Å²) in [6.45, 7) is 6.69. The number of carbonyl (C=O) groups excluding carboxylic acids is 1. The van der Waals surface area contributed by atoms with Crippen LogP contribution in [0, 0.1) is 13.8 Å². The fourth-order valence-electron chi connectivity index (χ4n) is 1.87. The van der Waals surface area contributed by atoms with Gasteiger partial charge in [0.2, 0.25) is 5.91 Å². The lowest BCUT2D eigenvalue weighted by molar-refractivity contribution is -0.124. The molecule has 2 aromatic rings. The van der Waals surface area contributed by atoms with E-state index in [1.54, 1.807) is 9.36 Å². The highest BCUT2D eigenvalue weighted by molar-refractivity contribution is 5.79. The van der Waals surface area contributed by atoms with Gasteiger partial charge in [0, 0.05) is 12.2 Å². The van der Waals surface area contributed by atoms with Crippen LogP contribution in [0.1, 0.15) is 24.4 Å². The van der Waals surface area contributed by atoms with Crippen LogP contribution in [0.15, 0.2) is 12.4 Å². The zero-order valence-corrected chi connectivity index (χ0v) is 11.2. The van der Waals surface area contributed by atoms with E-state index in [0.717, 1.165) is 11.4 Å². The molecule has 0 aliphatic rings. The molecular formula is C11H17N7O. The van der Waals surface area contributed by atoms with Gasteiger partial charge in [-0.25, -0.2) is 4.68 Å². The van der Waals surface area contributed by atoms with Gasteiger partial charge in [0.25, 0.3) is 0 Å². The number of rotatable bonds is 5. The summed E-state index contributed by atoms with van der Waals surface area (Å²) in [5.41, 5.74) is 1.88. The van der Waals surface area contributed by atoms with E-state index >= 15 is 0 Å². The van der Waals surface area contributed by atoms with Crippen LogP contribution in [-0.2, 0) is 11.3 Å². The predicted molar refractivity (Wildman–Crippen MR) is 67.2 cm³/mol. The highest BCUT2D eigenvalue weighted by Gasteiger charge is 2.17. The molecule has 2 aromatic heterocycles. The molecule has 19 heavy (non-hydrogen) atoms. The molecule has 102 valence electrons. The number of tetrazole rings is 1. The molecule has 0 saturated carbocycles. The maximum absolute atomic E-state index is 12.0. The lowest BCUT2D eigenvalue weighted by Gasteiger charge is -2.14. The van der Waals surface area contributed by atoms with Gasteiger partial charge in [0.05, 0.1) is 12.2 Å². The van der Waals surface area contributed by atoms with Crippen molar-refractivity contribution in [3.8, 4) is 0 Å². The van der Waals surface area contributed by atoms with Gasteiger partial charge in [-0.2, -0.15) is 5.10 Å². The molecule has 2 heterocycles. The van der Waals surface area contributed by atoms with Crippen LogP contribution in [-0.4, -0.2) is 42.4 Å². The number of amides is 1. The van der Waals surface area contributed by atoms with Gasteiger partial charge in [0.15, 0.2) is 0 Å². The number of carbonyl (C=O) groups is 1. The third kappa shape index (κ3) is 3.15. The average molecular weight is 263 g/mol. The summed E-state index contributed by atoms with van der Waals surface area (Å²) < 4.78 is 3.29. The minimum absolute atomic E-state index is 0.0701. The van der Waals surface area contributed by atoms with Crippen molar-refractivity contribution < 1.29 is 4.79 Å². The van der Waals surface area contributed by atoms with E-state index in [9.17, 15) is 4.79 Å². The molecule has 0 unspecified atom stereocenters. The van der Waals surface area contributed by atoms with Crippen LogP contribution < -0.4 is 5.32 Å². The van der Waals surface area contributed by atoms with Gasteiger partial charge in [-0.1, -0.05) is 0 Å². The van der Waals surface area contributed by atoms with Gasteiger partial charge >= 0.3 is 0 Å². The minimum Gasteiger partial charge on any atom is -0.352 e. The maximum Gasteiger partial charge on any atom is 0.244 e. The fourth-order valence-corrected chi connectivity index (χ4v) is 1.87. The van der Waals surface area contributed by atoms with Crippen molar-refractivity contribution in [3.05, 3.63) is 23.8 Å². The number of nitrogens with zero attached hydrogens (tertiary/aromatic N) is 6. The molecule has 0 saturated heterocycles. The predicted octanol–water partition coefficient (Wildman–Crippen LogP) is -0.136. The van der Waals surface area contributed by atoms with E-state index in [0.29, 0.717) is 13.1 Å². The van der Waals surface area contributed by atoms with Crippen LogP contribution in [0.25, 0.3) is 0 Å². The van der Waals surface area contributed by atoms with Crippen molar-refractivity contribution in [2.75, 3.05) is 6.54 Å². The highest BCUT2D eigenvalue weighted by atomic mass is 16.2. The molecule has 0 aliphatic carbocycles. The average Bonchev–Trinajstić information content (AvgIpc) is 2.98. The van der Waals surface area contributed by atoms with Crippen molar-refractivity contribution in [2.45, 2.75) is 33.4 Å². The largest absolute Gasteiger partial charge is 0.352 e. The van der Waals surface area contributed by atoms with Crippen LogP contribution >= 0.6 is 0 Å². The van der Waals surface area contributed by atoms with Gasteiger partial charge in [0.1, 0.15) is 12.4 Å². The summed E-state index contributed by atoms with van der Waals surface area (Å²) in [5, 5.41) is 17.9. The molecule has 0 aromatic carbocycles.